The first-order valence-corrected chi connectivity index (χ1v) is 4.16. The van der Waals surface area contributed by atoms with E-state index in [1.807, 2.05) is 6.92 Å². The fourth-order valence-electron chi connectivity index (χ4n) is 0.692. The van der Waals surface area contributed by atoms with Gasteiger partial charge in [0.15, 0.2) is 0 Å². The zero-order valence-electron chi connectivity index (χ0n) is 7.86. The topological polar surface area (TPSA) is 21.3 Å². The van der Waals surface area contributed by atoms with Crippen LogP contribution in [-0.4, -0.2) is 32.2 Å². The number of alkyl halides is 2. The van der Waals surface area contributed by atoms with Gasteiger partial charge in [-0.15, -0.1) is 0 Å². The summed E-state index contributed by atoms with van der Waals surface area (Å²) >= 11 is 0. The maximum Gasteiger partial charge on any atom is 0.283 e. The Hall–Kier alpha value is -0.220. The molecule has 0 saturated carbocycles. The average molecular weight is 181 g/mol. The second-order valence-electron chi connectivity index (χ2n) is 2.92. The van der Waals surface area contributed by atoms with Crippen LogP contribution in [0.3, 0.4) is 0 Å². The molecule has 0 amide bonds. The molecule has 0 aromatic carbocycles. The summed E-state index contributed by atoms with van der Waals surface area (Å²) in [4.78, 5) is 0. The van der Waals surface area contributed by atoms with Crippen molar-refractivity contribution in [2.75, 3.05) is 20.2 Å². The van der Waals surface area contributed by atoms with Crippen LogP contribution in [0, 0.1) is 0 Å². The molecule has 0 aromatic heterocycles. The first-order chi connectivity index (χ1) is 5.52. The highest BCUT2D eigenvalue weighted by molar-refractivity contribution is 4.67. The van der Waals surface area contributed by atoms with E-state index in [4.69, 9.17) is 4.74 Å². The van der Waals surface area contributed by atoms with Crippen LogP contribution in [0.15, 0.2) is 0 Å². The molecule has 0 aromatic rings. The second-order valence-corrected chi connectivity index (χ2v) is 2.92. The van der Waals surface area contributed by atoms with Gasteiger partial charge in [-0.05, 0) is 20.4 Å². The smallest absolute Gasteiger partial charge is 0.283 e. The minimum atomic E-state index is -2.75. The van der Waals surface area contributed by atoms with Gasteiger partial charge in [-0.25, -0.2) is 8.78 Å². The highest BCUT2D eigenvalue weighted by Crippen LogP contribution is 2.13. The van der Waals surface area contributed by atoms with Crippen molar-refractivity contribution < 1.29 is 13.5 Å². The van der Waals surface area contributed by atoms with Gasteiger partial charge >= 0.3 is 0 Å². The van der Waals surface area contributed by atoms with Crippen LogP contribution in [0.4, 0.5) is 8.78 Å². The number of hydrogen-bond donors (Lipinski definition) is 1. The van der Waals surface area contributed by atoms with Crippen molar-refractivity contribution in [3.8, 4) is 0 Å². The fourth-order valence-corrected chi connectivity index (χ4v) is 0.692. The molecule has 0 heterocycles. The number of ether oxygens (including phenoxy) is 1. The van der Waals surface area contributed by atoms with Crippen LogP contribution in [-0.2, 0) is 4.74 Å². The molecule has 0 saturated heterocycles. The van der Waals surface area contributed by atoms with Crippen molar-refractivity contribution in [3.05, 3.63) is 0 Å². The number of nitrogens with one attached hydrogen (secondary N) is 1. The zero-order chi connectivity index (χ0) is 9.61. The van der Waals surface area contributed by atoms with Crippen LogP contribution in [0.25, 0.3) is 0 Å². The van der Waals surface area contributed by atoms with Crippen LogP contribution in [0.1, 0.15) is 20.3 Å². The molecule has 0 spiro atoms. The van der Waals surface area contributed by atoms with Crippen molar-refractivity contribution >= 4 is 0 Å². The predicted molar refractivity (Wildman–Crippen MR) is 44.6 cm³/mol. The van der Waals surface area contributed by atoms with E-state index in [-0.39, 0.29) is 12.6 Å². The van der Waals surface area contributed by atoms with E-state index in [0.29, 0.717) is 0 Å². The lowest BCUT2D eigenvalue weighted by Crippen LogP contribution is -2.36. The van der Waals surface area contributed by atoms with E-state index in [9.17, 15) is 8.78 Å². The molecule has 0 aliphatic rings. The molecule has 12 heavy (non-hydrogen) atoms. The normalized spacial score (nSPS) is 14.8. The van der Waals surface area contributed by atoms with Gasteiger partial charge in [-0.3, -0.25) is 0 Å². The third-order valence-corrected chi connectivity index (χ3v) is 1.59. The molecule has 0 fully saturated rings. The Morgan fingerprint density at radius 1 is 1.50 bits per heavy atom. The van der Waals surface area contributed by atoms with E-state index < -0.39 is 12.5 Å². The van der Waals surface area contributed by atoms with E-state index in [1.54, 1.807) is 6.92 Å². The van der Waals surface area contributed by atoms with Crippen LogP contribution in [0.5, 0.6) is 0 Å². The fraction of sp³-hybridized carbons (Fsp3) is 1.00. The van der Waals surface area contributed by atoms with E-state index >= 15 is 0 Å². The Morgan fingerprint density at radius 3 is 2.50 bits per heavy atom. The minimum Gasteiger partial charge on any atom is -0.372 e. The first kappa shape index (κ1) is 11.8. The summed E-state index contributed by atoms with van der Waals surface area (Å²) in [6.45, 7) is 2.86. The molecule has 2 nitrogen and oxygen atoms in total. The lowest BCUT2D eigenvalue weighted by molar-refractivity contribution is -0.0930. The second kappa shape index (κ2) is 5.43. The maximum atomic E-state index is 12.7. The lowest BCUT2D eigenvalue weighted by atomic mass is 10.3. The third-order valence-electron chi connectivity index (χ3n) is 1.59. The third kappa shape index (κ3) is 5.43. The molecule has 1 N–H and O–H groups in total. The molecular weight excluding hydrogens is 164 g/mol. The van der Waals surface area contributed by atoms with Crippen LogP contribution >= 0.6 is 0 Å². The molecule has 0 aliphatic heterocycles. The molecule has 74 valence electrons. The van der Waals surface area contributed by atoms with Crippen molar-refractivity contribution in [2.24, 2.45) is 0 Å². The van der Waals surface area contributed by atoms with Crippen molar-refractivity contribution in [1.29, 1.82) is 0 Å². The van der Waals surface area contributed by atoms with E-state index in [1.165, 1.54) is 7.05 Å². The largest absolute Gasteiger partial charge is 0.372 e. The monoisotopic (exact) mass is 181 g/mol. The van der Waals surface area contributed by atoms with Gasteiger partial charge in [-0.2, -0.15) is 0 Å². The average Bonchev–Trinajstić information content (AvgIpc) is 2.00. The van der Waals surface area contributed by atoms with E-state index in [0.717, 1.165) is 6.42 Å². The van der Waals surface area contributed by atoms with Gasteiger partial charge in [0.05, 0.1) is 12.6 Å². The van der Waals surface area contributed by atoms with Crippen molar-refractivity contribution in [3.63, 3.8) is 0 Å². The highest BCUT2D eigenvalue weighted by atomic mass is 19.3. The Bertz CT molecular complexity index is 120. The van der Waals surface area contributed by atoms with Gasteiger partial charge < -0.3 is 10.1 Å². The van der Waals surface area contributed by atoms with Crippen molar-refractivity contribution in [1.82, 2.24) is 5.32 Å². The first-order valence-electron chi connectivity index (χ1n) is 4.16. The summed E-state index contributed by atoms with van der Waals surface area (Å²) in [5, 5.41) is 2.42. The quantitative estimate of drug-likeness (QED) is 0.672. The zero-order valence-corrected chi connectivity index (χ0v) is 7.86. The highest BCUT2D eigenvalue weighted by Gasteiger charge is 2.28. The standard InChI is InChI=1S/C8H17F2NO/c1-4-7(2)12-6-8(9,10)5-11-3/h7,11H,4-6H2,1-3H3. The van der Waals surface area contributed by atoms with Crippen LogP contribution < -0.4 is 5.32 Å². The molecule has 1 unspecified atom stereocenters. The summed E-state index contributed by atoms with van der Waals surface area (Å²) in [6.07, 6.45) is 0.669. The van der Waals surface area contributed by atoms with Gasteiger partial charge in [0.1, 0.15) is 6.61 Å². The summed E-state index contributed by atoms with van der Waals surface area (Å²) in [7, 11) is 1.50. The minimum absolute atomic E-state index is 0.0901. The summed E-state index contributed by atoms with van der Waals surface area (Å²) in [5.41, 5.74) is 0. The number of halogens is 2. The summed E-state index contributed by atoms with van der Waals surface area (Å²) in [5.74, 6) is -2.75. The van der Waals surface area contributed by atoms with E-state index in [2.05, 4.69) is 5.32 Å². The number of rotatable bonds is 6. The Balaban J connectivity index is 3.59. The molecule has 0 rings (SSSR count). The SMILES string of the molecule is CCC(C)OCC(F)(F)CNC. The molecule has 0 radical (unpaired) electrons. The Labute approximate surface area is 72.3 Å². The van der Waals surface area contributed by atoms with Crippen LogP contribution in [0.2, 0.25) is 0 Å². The van der Waals surface area contributed by atoms with Gasteiger partial charge in [0.25, 0.3) is 5.92 Å². The molecule has 4 heteroatoms. The Kier molecular flexibility index (Phi) is 5.33. The van der Waals surface area contributed by atoms with Gasteiger partial charge in [0, 0.05) is 0 Å². The molecule has 0 bridgehead atoms. The molecular formula is C8H17F2NO. The predicted octanol–water partition coefficient (Wildman–Crippen LogP) is 1.66. The Morgan fingerprint density at radius 2 is 2.08 bits per heavy atom. The molecule has 0 aliphatic carbocycles. The maximum absolute atomic E-state index is 12.7. The lowest BCUT2D eigenvalue weighted by Gasteiger charge is -2.18. The van der Waals surface area contributed by atoms with Gasteiger partial charge in [0.2, 0.25) is 0 Å². The summed E-state index contributed by atoms with van der Waals surface area (Å²) < 4.78 is 30.4. The van der Waals surface area contributed by atoms with Crippen molar-refractivity contribution in [2.45, 2.75) is 32.3 Å². The van der Waals surface area contributed by atoms with Gasteiger partial charge in [-0.1, -0.05) is 6.92 Å². The molecule has 1 atom stereocenters. The number of hydrogen-bond acceptors (Lipinski definition) is 2. The summed E-state index contributed by atoms with van der Waals surface area (Å²) in [6, 6.07) is 0.